The SMILES string of the molecule is Cc1cccc(COc2ccccc2/C=C2\SC(=O)N(Cc3ccc([N+](=O)[O-])cc3)C2=O)c1. The van der Waals surface area contributed by atoms with Crippen LogP contribution in [0.1, 0.15) is 22.3 Å². The highest BCUT2D eigenvalue weighted by atomic mass is 32.2. The number of para-hydroxylation sites is 1. The molecule has 1 aliphatic heterocycles. The van der Waals surface area contributed by atoms with Crippen LogP contribution < -0.4 is 4.74 Å². The molecule has 33 heavy (non-hydrogen) atoms. The number of nitrogens with zero attached hydrogens (tertiary/aromatic N) is 2. The molecule has 0 radical (unpaired) electrons. The second-order valence-corrected chi connectivity index (χ2v) is 8.50. The zero-order valence-corrected chi connectivity index (χ0v) is 18.6. The minimum absolute atomic E-state index is 0.0462. The van der Waals surface area contributed by atoms with E-state index in [0.717, 1.165) is 27.8 Å². The summed E-state index contributed by atoms with van der Waals surface area (Å²) < 4.78 is 5.98. The van der Waals surface area contributed by atoms with Crippen LogP contribution in [0.3, 0.4) is 0 Å². The lowest BCUT2D eigenvalue weighted by atomic mass is 10.1. The Hall–Kier alpha value is -3.91. The van der Waals surface area contributed by atoms with Crippen LogP contribution in [0, 0.1) is 17.0 Å². The number of amides is 2. The van der Waals surface area contributed by atoms with E-state index < -0.39 is 10.8 Å². The molecule has 0 aromatic heterocycles. The topological polar surface area (TPSA) is 89.8 Å². The number of non-ortho nitro benzene ring substituents is 1. The van der Waals surface area contributed by atoms with E-state index in [0.29, 0.717) is 28.4 Å². The second-order valence-electron chi connectivity index (χ2n) is 7.51. The normalized spacial score (nSPS) is 14.7. The van der Waals surface area contributed by atoms with Gasteiger partial charge in [-0.15, -0.1) is 0 Å². The molecule has 0 unspecified atom stereocenters. The van der Waals surface area contributed by atoms with Crippen molar-refractivity contribution >= 4 is 34.7 Å². The molecule has 8 heteroatoms. The smallest absolute Gasteiger partial charge is 0.293 e. The van der Waals surface area contributed by atoms with Crippen molar-refractivity contribution in [3.05, 3.63) is 110 Å². The van der Waals surface area contributed by atoms with Crippen molar-refractivity contribution in [3.8, 4) is 5.75 Å². The van der Waals surface area contributed by atoms with Crippen LogP contribution in [0.5, 0.6) is 5.75 Å². The molecule has 2 amide bonds. The molecule has 0 spiro atoms. The van der Waals surface area contributed by atoms with Crippen molar-refractivity contribution in [2.24, 2.45) is 0 Å². The average molecular weight is 461 g/mol. The van der Waals surface area contributed by atoms with Crippen molar-refractivity contribution in [1.29, 1.82) is 0 Å². The summed E-state index contributed by atoms with van der Waals surface area (Å²) in [5.74, 6) is 0.206. The van der Waals surface area contributed by atoms with Gasteiger partial charge in [0.05, 0.1) is 16.4 Å². The van der Waals surface area contributed by atoms with Crippen LogP contribution in [0.4, 0.5) is 10.5 Å². The number of aryl methyl sites for hydroxylation is 1. The number of hydrogen-bond donors (Lipinski definition) is 0. The molecule has 1 heterocycles. The molecule has 4 rings (SSSR count). The number of thioether (sulfide) groups is 1. The van der Waals surface area contributed by atoms with E-state index in [1.165, 1.54) is 12.1 Å². The molecule has 1 saturated heterocycles. The molecule has 166 valence electrons. The Labute approximate surface area is 194 Å². The number of ether oxygens (including phenoxy) is 1. The summed E-state index contributed by atoms with van der Waals surface area (Å²) in [4.78, 5) is 37.1. The average Bonchev–Trinajstić information content (AvgIpc) is 3.06. The quantitative estimate of drug-likeness (QED) is 0.255. The van der Waals surface area contributed by atoms with Crippen molar-refractivity contribution in [2.75, 3.05) is 0 Å². The molecule has 3 aromatic carbocycles. The van der Waals surface area contributed by atoms with Crippen molar-refractivity contribution in [1.82, 2.24) is 4.90 Å². The van der Waals surface area contributed by atoms with Crippen LogP contribution in [0.2, 0.25) is 0 Å². The zero-order chi connectivity index (χ0) is 23.4. The third-order valence-electron chi connectivity index (χ3n) is 5.04. The minimum Gasteiger partial charge on any atom is -0.488 e. The summed E-state index contributed by atoms with van der Waals surface area (Å²) in [5.41, 5.74) is 3.46. The summed E-state index contributed by atoms with van der Waals surface area (Å²) in [6.07, 6.45) is 1.66. The van der Waals surface area contributed by atoms with E-state index in [2.05, 4.69) is 0 Å². The van der Waals surface area contributed by atoms with E-state index in [-0.39, 0.29) is 17.5 Å². The van der Waals surface area contributed by atoms with E-state index in [1.807, 2.05) is 55.5 Å². The lowest BCUT2D eigenvalue weighted by molar-refractivity contribution is -0.384. The van der Waals surface area contributed by atoms with Gasteiger partial charge in [-0.05, 0) is 42.0 Å². The maximum absolute atomic E-state index is 12.9. The van der Waals surface area contributed by atoms with Crippen molar-refractivity contribution < 1.29 is 19.2 Å². The number of nitro groups is 1. The third-order valence-corrected chi connectivity index (χ3v) is 5.95. The van der Waals surface area contributed by atoms with Crippen LogP contribution in [0.15, 0.2) is 77.7 Å². The molecule has 0 atom stereocenters. The monoisotopic (exact) mass is 460 g/mol. The number of carbonyl (C=O) groups excluding carboxylic acids is 2. The Morgan fingerprint density at radius 3 is 2.48 bits per heavy atom. The maximum Gasteiger partial charge on any atom is 0.293 e. The van der Waals surface area contributed by atoms with Gasteiger partial charge in [0, 0.05) is 17.7 Å². The van der Waals surface area contributed by atoms with Gasteiger partial charge in [-0.1, -0.05) is 60.2 Å². The van der Waals surface area contributed by atoms with Gasteiger partial charge < -0.3 is 4.74 Å². The van der Waals surface area contributed by atoms with Gasteiger partial charge >= 0.3 is 0 Å². The van der Waals surface area contributed by atoms with Gasteiger partial charge in [0.1, 0.15) is 12.4 Å². The number of carbonyl (C=O) groups is 2. The predicted octanol–water partition coefficient (Wildman–Crippen LogP) is 5.72. The fraction of sp³-hybridized carbons (Fsp3) is 0.120. The minimum atomic E-state index is -0.495. The fourth-order valence-corrected chi connectivity index (χ4v) is 4.21. The standard InChI is InChI=1S/C25H20N2O5S/c1-17-5-4-6-19(13-17)16-32-22-8-3-2-7-20(22)14-23-24(28)26(25(29)33-23)15-18-9-11-21(12-10-18)27(30)31/h2-14H,15-16H2,1H3/b23-14-. The molecule has 1 fully saturated rings. The number of nitro benzene ring substituents is 1. The highest BCUT2D eigenvalue weighted by Crippen LogP contribution is 2.35. The van der Waals surface area contributed by atoms with Gasteiger partial charge in [-0.25, -0.2) is 0 Å². The lowest BCUT2D eigenvalue weighted by Gasteiger charge is -2.12. The van der Waals surface area contributed by atoms with Gasteiger partial charge in [0.2, 0.25) is 0 Å². The molecule has 0 N–H and O–H groups in total. The molecule has 1 aliphatic rings. The summed E-state index contributed by atoms with van der Waals surface area (Å²) in [5, 5.41) is 10.4. The maximum atomic E-state index is 12.9. The number of hydrogen-bond acceptors (Lipinski definition) is 6. The van der Waals surface area contributed by atoms with Crippen LogP contribution >= 0.6 is 11.8 Å². The Morgan fingerprint density at radius 2 is 1.76 bits per heavy atom. The van der Waals surface area contributed by atoms with Gasteiger partial charge in [-0.2, -0.15) is 0 Å². The second kappa shape index (κ2) is 9.70. The Balaban J connectivity index is 1.49. The largest absolute Gasteiger partial charge is 0.488 e. The first-order valence-electron chi connectivity index (χ1n) is 10.2. The molecule has 0 aliphatic carbocycles. The zero-order valence-electron chi connectivity index (χ0n) is 17.8. The van der Waals surface area contributed by atoms with E-state index in [1.54, 1.807) is 18.2 Å². The molecule has 7 nitrogen and oxygen atoms in total. The summed E-state index contributed by atoms with van der Waals surface area (Å²) in [7, 11) is 0. The fourth-order valence-electron chi connectivity index (χ4n) is 3.38. The molecular formula is C25H20N2O5S. The number of benzene rings is 3. The molecule has 3 aromatic rings. The highest BCUT2D eigenvalue weighted by molar-refractivity contribution is 8.18. The molecular weight excluding hydrogens is 440 g/mol. The van der Waals surface area contributed by atoms with Gasteiger partial charge in [0.25, 0.3) is 16.8 Å². The third kappa shape index (κ3) is 5.30. The summed E-state index contributed by atoms with van der Waals surface area (Å²) in [6.45, 7) is 2.45. The summed E-state index contributed by atoms with van der Waals surface area (Å²) >= 11 is 0.864. The first-order chi connectivity index (χ1) is 15.9. The van der Waals surface area contributed by atoms with E-state index >= 15 is 0 Å². The number of imide groups is 1. The van der Waals surface area contributed by atoms with Crippen LogP contribution in [-0.4, -0.2) is 21.0 Å². The van der Waals surface area contributed by atoms with Crippen LogP contribution in [0.25, 0.3) is 6.08 Å². The highest BCUT2D eigenvalue weighted by Gasteiger charge is 2.35. The van der Waals surface area contributed by atoms with Crippen LogP contribution in [-0.2, 0) is 17.9 Å². The molecule has 0 bridgehead atoms. The van der Waals surface area contributed by atoms with Gasteiger partial charge in [-0.3, -0.25) is 24.6 Å². The first kappa shape index (κ1) is 22.3. The number of rotatable bonds is 7. The van der Waals surface area contributed by atoms with Crippen molar-refractivity contribution in [3.63, 3.8) is 0 Å². The van der Waals surface area contributed by atoms with E-state index in [4.69, 9.17) is 4.74 Å². The summed E-state index contributed by atoms with van der Waals surface area (Å²) in [6, 6.07) is 21.2. The lowest BCUT2D eigenvalue weighted by Crippen LogP contribution is -2.27. The molecule has 0 saturated carbocycles. The Bertz CT molecular complexity index is 1250. The Kier molecular flexibility index (Phi) is 6.55. The van der Waals surface area contributed by atoms with Crippen molar-refractivity contribution in [2.45, 2.75) is 20.1 Å². The first-order valence-corrected chi connectivity index (χ1v) is 11.0. The van der Waals surface area contributed by atoms with E-state index in [9.17, 15) is 19.7 Å². The van der Waals surface area contributed by atoms with Gasteiger partial charge in [0.15, 0.2) is 0 Å². The predicted molar refractivity (Wildman–Crippen MR) is 127 cm³/mol. The Morgan fingerprint density at radius 1 is 1.00 bits per heavy atom.